The van der Waals surface area contributed by atoms with Gasteiger partial charge in [0.2, 0.25) is 12.7 Å². The van der Waals surface area contributed by atoms with Crippen LogP contribution in [0.1, 0.15) is 28.1 Å². The van der Waals surface area contributed by atoms with Crippen molar-refractivity contribution in [2.75, 3.05) is 19.9 Å². The predicted molar refractivity (Wildman–Crippen MR) is 97.7 cm³/mol. The average molecular weight is 372 g/mol. The molecule has 2 aromatic rings. The molecule has 2 amide bonds. The minimum absolute atomic E-state index is 0.0478. The fourth-order valence-corrected chi connectivity index (χ4v) is 4.05. The summed E-state index contributed by atoms with van der Waals surface area (Å²) in [6.07, 6.45) is 2.28. The summed E-state index contributed by atoms with van der Waals surface area (Å²) in [5.41, 5.74) is 1.08. The third-order valence-electron chi connectivity index (χ3n) is 4.70. The van der Waals surface area contributed by atoms with Gasteiger partial charge < -0.3 is 19.7 Å². The van der Waals surface area contributed by atoms with Crippen molar-refractivity contribution in [2.45, 2.75) is 25.3 Å². The summed E-state index contributed by atoms with van der Waals surface area (Å²) >= 11 is 1.41. The number of ether oxygens (including phenoxy) is 2. The number of nitrogens with one attached hydrogen (secondary N) is 1. The number of carbonyl (C=O) groups excluding carboxylic acids is 2. The molecule has 7 heteroatoms. The fourth-order valence-electron chi connectivity index (χ4n) is 3.37. The molecule has 0 saturated carbocycles. The quantitative estimate of drug-likeness (QED) is 0.875. The summed E-state index contributed by atoms with van der Waals surface area (Å²) in [5, 5.41) is 4.85. The number of likely N-dealkylation sites (tertiary alicyclic amines) is 1. The Balaban J connectivity index is 1.32. The van der Waals surface area contributed by atoms with Crippen molar-refractivity contribution in [3.63, 3.8) is 0 Å². The topological polar surface area (TPSA) is 67.9 Å². The Morgan fingerprint density at radius 2 is 2.12 bits per heavy atom. The van der Waals surface area contributed by atoms with Crippen molar-refractivity contribution in [2.24, 2.45) is 0 Å². The number of thiophene rings is 1. The normalized spacial score (nSPS) is 18.2. The zero-order valence-electron chi connectivity index (χ0n) is 14.3. The highest BCUT2D eigenvalue weighted by atomic mass is 32.1. The molecule has 26 heavy (non-hydrogen) atoms. The van der Waals surface area contributed by atoms with Gasteiger partial charge in [-0.05, 0) is 48.4 Å². The smallest absolute Gasteiger partial charge is 0.264 e. The molecule has 1 N–H and O–H groups in total. The molecular weight excluding hydrogens is 352 g/mol. The number of rotatable bonds is 5. The Bertz CT molecular complexity index is 806. The number of carbonyl (C=O) groups is 2. The van der Waals surface area contributed by atoms with E-state index < -0.39 is 0 Å². The van der Waals surface area contributed by atoms with Gasteiger partial charge in [0.25, 0.3) is 5.91 Å². The molecule has 1 atom stereocenters. The molecule has 6 nitrogen and oxygen atoms in total. The van der Waals surface area contributed by atoms with Gasteiger partial charge in [-0.1, -0.05) is 12.1 Å². The zero-order chi connectivity index (χ0) is 17.9. The number of nitrogens with zero attached hydrogens (tertiary/aromatic N) is 1. The second-order valence-corrected chi connectivity index (χ2v) is 7.31. The summed E-state index contributed by atoms with van der Waals surface area (Å²) in [6, 6.07) is 9.09. The van der Waals surface area contributed by atoms with Crippen molar-refractivity contribution in [1.29, 1.82) is 0 Å². The highest BCUT2D eigenvalue weighted by Crippen LogP contribution is 2.32. The van der Waals surface area contributed by atoms with Crippen LogP contribution in [0.25, 0.3) is 0 Å². The van der Waals surface area contributed by atoms with Crippen LogP contribution in [0.5, 0.6) is 11.5 Å². The molecule has 4 rings (SSSR count). The molecule has 0 bridgehead atoms. The molecule has 1 aromatic carbocycles. The minimum Gasteiger partial charge on any atom is -0.454 e. The summed E-state index contributed by atoms with van der Waals surface area (Å²) in [6.45, 7) is 1.41. The lowest BCUT2D eigenvalue weighted by Crippen LogP contribution is -2.46. The van der Waals surface area contributed by atoms with E-state index in [0.717, 1.165) is 23.5 Å². The Morgan fingerprint density at radius 3 is 2.96 bits per heavy atom. The van der Waals surface area contributed by atoms with E-state index in [0.29, 0.717) is 30.8 Å². The predicted octanol–water partition coefficient (Wildman–Crippen LogP) is 2.44. The molecule has 1 aromatic heterocycles. The van der Waals surface area contributed by atoms with Crippen LogP contribution < -0.4 is 14.8 Å². The summed E-state index contributed by atoms with van der Waals surface area (Å²) < 4.78 is 10.7. The highest BCUT2D eigenvalue weighted by molar-refractivity contribution is 7.12. The third-order valence-corrected chi connectivity index (χ3v) is 5.56. The van der Waals surface area contributed by atoms with Gasteiger partial charge in [-0.25, -0.2) is 0 Å². The van der Waals surface area contributed by atoms with Gasteiger partial charge in [0.05, 0.1) is 4.88 Å². The molecule has 0 unspecified atom stereocenters. The molecule has 2 aliphatic heterocycles. The van der Waals surface area contributed by atoms with Gasteiger partial charge in [-0.15, -0.1) is 11.3 Å². The van der Waals surface area contributed by atoms with E-state index in [1.54, 1.807) is 11.0 Å². The molecular formula is C19H20N2O4S. The van der Waals surface area contributed by atoms with Crippen LogP contribution in [0.15, 0.2) is 35.7 Å². The molecule has 2 aliphatic rings. The first-order chi connectivity index (χ1) is 12.7. The lowest BCUT2D eigenvalue weighted by atomic mass is 10.1. The van der Waals surface area contributed by atoms with E-state index in [-0.39, 0.29) is 24.6 Å². The van der Waals surface area contributed by atoms with Crippen molar-refractivity contribution in [1.82, 2.24) is 10.2 Å². The van der Waals surface area contributed by atoms with Gasteiger partial charge in [0.1, 0.15) is 6.04 Å². The SMILES string of the molecule is O=C(NCCc1ccc2c(c1)OCO2)[C@H]1CCCN1C(=O)c1cccs1. The van der Waals surface area contributed by atoms with Crippen molar-refractivity contribution < 1.29 is 19.1 Å². The molecule has 0 spiro atoms. The lowest BCUT2D eigenvalue weighted by molar-refractivity contribution is -0.124. The van der Waals surface area contributed by atoms with E-state index in [1.165, 1.54) is 11.3 Å². The van der Waals surface area contributed by atoms with E-state index in [4.69, 9.17) is 9.47 Å². The fraction of sp³-hybridized carbons (Fsp3) is 0.368. The van der Waals surface area contributed by atoms with Crippen LogP contribution in [-0.4, -0.2) is 42.6 Å². The molecule has 136 valence electrons. The van der Waals surface area contributed by atoms with Crippen LogP contribution in [-0.2, 0) is 11.2 Å². The van der Waals surface area contributed by atoms with E-state index in [1.807, 2.05) is 29.6 Å². The monoisotopic (exact) mass is 372 g/mol. The maximum Gasteiger partial charge on any atom is 0.264 e. The molecule has 1 saturated heterocycles. The molecule has 3 heterocycles. The highest BCUT2D eigenvalue weighted by Gasteiger charge is 2.34. The van der Waals surface area contributed by atoms with E-state index >= 15 is 0 Å². The third kappa shape index (κ3) is 3.39. The second-order valence-electron chi connectivity index (χ2n) is 6.36. The van der Waals surface area contributed by atoms with Gasteiger partial charge >= 0.3 is 0 Å². The molecule has 0 aliphatic carbocycles. The van der Waals surface area contributed by atoms with Crippen LogP contribution in [0.2, 0.25) is 0 Å². The number of fused-ring (bicyclic) bond motifs is 1. The maximum atomic E-state index is 12.6. The van der Waals surface area contributed by atoms with E-state index in [9.17, 15) is 9.59 Å². The van der Waals surface area contributed by atoms with E-state index in [2.05, 4.69) is 5.32 Å². The van der Waals surface area contributed by atoms with Crippen LogP contribution in [0.3, 0.4) is 0 Å². The Morgan fingerprint density at radius 1 is 1.23 bits per heavy atom. The Kier molecular flexibility index (Phi) is 4.79. The standard InChI is InChI=1S/C19H20N2O4S/c22-18(14-3-1-9-21(14)19(23)17-4-2-10-26-17)20-8-7-13-5-6-15-16(11-13)25-12-24-15/h2,4-6,10-11,14H,1,3,7-9,12H2,(H,20,22)/t14-/m1/s1. The lowest BCUT2D eigenvalue weighted by Gasteiger charge is -2.23. The van der Waals surface area contributed by atoms with Crippen molar-refractivity contribution >= 4 is 23.2 Å². The average Bonchev–Trinajstić information content (AvgIpc) is 3.41. The van der Waals surface area contributed by atoms with Crippen molar-refractivity contribution in [3.05, 3.63) is 46.2 Å². The van der Waals surface area contributed by atoms with Crippen LogP contribution >= 0.6 is 11.3 Å². The van der Waals surface area contributed by atoms with Gasteiger partial charge in [-0.2, -0.15) is 0 Å². The second kappa shape index (κ2) is 7.37. The van der Waals surface area contributed by atoms with Gasteiger partial charge in [-0.3, -0.25) is 9.59 Å². The number of amides is 2. The first kappa shape index (κ1) is 16.9. The molecule has 0 radical (unpaired) electrons. The summed E-state index contributed by atoms with van der Waals surface area (Å²) in [7, 11) is 0. The number of benzene rings is 1. The van der Waals surface area contributed by atoms with Crippen molar-refractivity contribution in [3.8, 4) is 11.5 Å². The van der Waals surface area contributed by atoms with Gasteiger partial charge in [0.15, 0.2) is 11.5 Å². The first-order valence-corrected chi connectivity index (χ1v) is 9.61. The largest absolute Gasteiger partial charge is 0.454 e. The van der Waals surface area contributed by atoms with Gasteiger partial charge in [0, 0.05) is 13.1 Å². The summed E-state index contributed by atoms with van der Waals surface area (Å²) in [5.74, 6) is 1.38. The number of hydrogen-bond acceptors (Lipinski definition) is 5. The maximum absolute atomic E-state index is 12.6. The Hall–Kier alpha value is -2.54. The minimum atomic E-state index is -0.374. The first-order valence-electron chi connectivity index (χ1n) is 8.73. The van der Waals surface area contributed by atoms with Crippen LogP contribution in [0.4, 0.5) is 0 Å². The number of hydrogen-bond donors (Lipinski definition) is 1. The molecule has 1 fully saturated rings. The Labute approximate surface area is 155 Å². The van der Waals surface area contributed by atoms with Crippen LogP contribution in [0, 0.1) is 0 Å². The zero-order valence-corrected chi connectivity index (χ0v) is 15.1. The summed E-state index contributed by atoms with van der Waals surface area (Å²) in [4.78, 5) is 27.5.